The van der Waals surface area contributed by atoms with E-state index in [-0.39, 0.29) is 11.8 Å². The van der Waals surface area contributed by atoms with Crippen LogP contribution in [0.3, 0.4) is 0 Å². The lowest BCUT2D eigenvalue weighted by atomic mass is 9.93. The van der Waals surface area contributed by atoms with Gasteiger partial charge in [-0.2, -0.15) is 0 Å². The fraction of sp³-hybridized carbons (Fsp3) is 0.231. The predicted molar refractivity (Wildman–Crippen MR) is 129 cm³/mol. The van der Waals surface area contributed by atoms with Crippen molar-refractivity contribution in [2.24, 2.45) is 0 Å². The number of hydrogen-bond acceptors (Lipinski definition) is 3. The molecule has 5 heteroatoms. The highest BCUT2D eigenvalue weighted by Crippen LogP contribution is 2.23. The van der Waals surface area contributed by atoms with Gasteiger partial charge in [-0.05, 0) is 67.1 Å². The van der Waals surface area contributed by atoms with Crippen molar-refractivity contribution in [2.45, 2.75) is 37.6 Å². The molecule has 0 aliphatic carbocycles. The Morgan fingerprint density at radius 1 is 0.871 bits per heavy atom. The second kappa shape index (κ2) is 10.3. The SMILES string of the molecule is CCSc1ccc(CC(=O)Nc2ccc(C(C)(C)NC(=O)c3ccccc3)cc2)cc1. The van der Waals surface area contributed by atoms with Crippen LogP contribution in [-0.4, -0.2) is 17.6 Å². The number of thioether (sulfide) groups is 1. The second-order valence-electron chi connectivity index (χ2n) is 7.82. The minimum Gasteiger partial charge on any atom is -0.343 e. The van der Waals surface area contributed by atoms with Gasteiger partial charge >= 0.3 is 0 Å². The van der Waals surface area contributed by atoms with Crippen LogP contribution in [0.25, 0.3) is 0 Å². The molecule has 0 atom stereocenters. The van der Waals surface area contributed by atoms with Gasteiger partial charge in [-0.15, -0.1) is 11.8 Å². The van der Waals surface area contributed by atoms with Gasteiger partial charge in [0.1, 0.15) is 0 Å². The minimum atomic E-state index is -0.548. The van der Waals surface area contributed by atoms with Gasteiger partial charge in [0.2, 0.25) is 5.91 Å². The Bertz CT molecular complexity index is 1010. The van der Waals surface area contributed by atoms with Crippen molar-refractivity contribution in [3.05, 3.63) is 95.6 Å². The number of benzene rings is 3. The van der Waals surface area contributed by atoms with E-state index in [1.165, 1.54) is 4.90 Å². The van der Waals surface area contributed by atoms with Gasteiger partial charge in [0.05, 0.1) is 12.0 Å². The van der Waals surface area contributed by atoms with Gasteiger partial charge < -0.3 is 10.6 Å². The Morgan fingerprint density at radius 2 is 1.52 bits per heavy atom. The maximum absolute atomic E-state index is 12.5. The Labute approximate surface area is 188 Å². The molecule has 0 aliphatic rings. The lowest BCUT2D eigenvalue weighted by Gasteiger charge is -2.27. The Morgan fingerprint density at radius 3 is 2.13 bits per heavy atom. The van der Waals surface area contributed by atoms with Crippen molar-refractivity contribution in [3.8, 4) is 0 Å². The Kier molecular flexibility index (Phi) is 7.53. The number of rotatable bonds is 8. The molecule has 2 N–H and O–H groups in total. The van der Waals surface area contributed by atoms with Gasteiger partial charge in [-0.3, -0.25) is 9.59 Å². The highest BCUT2D eigenvalue weighted by Gasteiger charge is 2.23. The van der Waals surface area contributed by atoms with Crippen LogP contribution in [-0.2, 0) is 16.8 Å². The minimum absolute atomic E-state index is 0.0553. The molecule has 0 saturated heterocycles. The second-order valence-corrected chi connectivity index (χ2v) is 9.16. The average molecular weight is 433 g/mol. The summed E-state index contributed by atoms with van der Waals surface area (Å²) in [6, 6.07) is 24.8. The van der Waals surface area contributed by atoms with E-state index < -0.39 is 5.54 Å². The van der Waals surface area contributed by atoms with Crippen LogP contribution in [0.15, 0.2) is 83.8 Å². The summed E-state index contributed by atoms with van der Waals surface area (Å²) in [6.45, 7) is 6.04. The molecule has 0 radical (unpaired) electrons. The standard InChI is InChI=1S/C26H28N2O2S/c1-4-31-23-16-10-19(11-17-23)18-24(29)27-22-14-12-21(13-15-22)26(2,3)28-25(30)20-8-6-5-7-9-20/h5-17H,4,18H2,1-3H3,(H,27,29)(H,28,30). The molecule has 160 valence electrons. The quantitative estimate of drug-likeness (QED) is 0.453. The van der Waals surface area contributed by atoms with Crippen LogP contribution >= 0.6 is 11.8 Å². The molecule has 0 heterocycles. The van der Waals surface area contributed by atoms with Crippen LogP contribution in [0.4, 0.5) is 5.69 Å². The number of carbonyl (C=O) groups excluding carboxylic acids is 2. The highest BCUT2D eigenvalue weighted by atomic mass is 32.2. The molecule has 3 aromatic rings. The first-order valence-electron chi connectivity index (χ1n) is 10.4. The molecule has 0 unspecified atom stereocenters. The molecule has 0 fully saturated rings. The number of amides is 2. The molecule has 0 bridgehead atoms. The average Bonchev–Trinajstić information content (AvgIpc) is 2.76. The van der Waals surface area contributed by atoms with E-state index >= 15 is 0 Å². The van der Waals surface area contributed by atoms with Gasteiger partial charge in [0, 0.05) is 16.1 Å². The van der Waals surface area contributed by atoms with E-state index in [1.54, 1.807) is 23.9 Å². The van der Waals surface area contributed by atoms with E-state index in [4.69, 9.17) is 0 Å². The third-order valence-corrected chi connectivity index (χ3v) is 5.85. The summed E-state index contributed by atoms with van der Waals surface area (Å²) in [7, 11) is 0. The Hall–Kier alpha value is -3.05. The van der Waals surface area contributed by atoms with E-state index in [9.17, 15) is 9.59 Å². The monoisotopic (exact) mass is 432 g/mol. The first-order chi connectivity index (χ1) is 14.9. The fourth-order valence-corrected chi connectivity index (χ4v) is 3.91. The molecule has 0 aromatic heterocycles. The molecule has 0 saturated carbocycles. The summed E-state index contributed by atoms with van der Waals surface area (Å²) in [4.78, 5) is 26.1. The predicted octanol–water partition coefficient (Wildman–Crippen LogP) is 5.64. The normalized spacial score (nSPS) is 11.1. The van der Waals surface area contributed by atoms with Gasteiger partial charge in [-0.25, -0.2) is 0 Å². The van der Waals surface area contributed by atoms with Crippen molar-refractivity contribution in [1.82, 2.24) is 5.32 Å². The molecule has 4 nitrogen and oxygen atoms in total. The van der Waals surface area contributed by atoms with Crippen molar-refractivity contribution < 1.29 is 9.59 Å². The summed E-state index contributed by atoms with van der Waals surface area (Å²) < 4.78 is 0. The molecular formula is C26H28N2O2S. The zero-order valence-corrected chi connectivity index (χ0v) is 19.0. The van der Waals surface area contributed by atoms with Crippen molar-refractivity contribution in [1.29, 1.82) is 0 Å². The maximum Gasteiger partial charge on any atom is 0.251 e. The van der Waals surface area contributed by atoms with E-state index in [1.807, 2.05) is 68.4 Å². The molecule has 31 heavy (non-hydrogen) atoms. The largest absolute Gasteiger partial charge is 0.343 e. The first kappa shape index (κ1) is 22.6. The zero-order valence-electron chi connectivity index (χ0n) is 18.1. The van der Waals surface area contributed by atoms with E-state index in [2.05, 4.69) is 29.7 Å². The third kappa shape index (κ3) is 6.46. The molecule has 0 aliphatic heterocycles. The molecule has 3 aromatic carbocycles. The molecular weight excluding hydrogens is 404 g/mol. The molecule has 3 rings (SSSR count). The van der Waals surface area contributed by atoms with E-state index in [0.29, 0.717) is 12.0 Å². The maximum atomic E-state index is 12.5. The number of nitrogens with one attached hydrogen (secondary N) is 2. The van der Waals surface area contributed by atoms with E-state index in [0.717, 1.165) is 22.6 Å². The smallest absolute Gasteiger partial charge is 0.251 e. The number of anilines is 1. The Balaban J connectivity index is 1.58. The lowest BCUT2D eigenvalue weighted by Crippen LogP contribution is -2.40. The van der Waals surface area contributed by atoms with Gasteiger partial charge in [-0.1, -0.05) is 49.4 Å². The van der Waals surface area contributed by atoms with Crippen LogP contribution in [0.2, 0.25) is 0 Å². The van der Waals surface area contributed by atoms with Crippen LogP contribution < -0.4 is 10.6 Å². The van der Waals surface area contributed by atoms with Crippen molar-refractivity contribution in [3.63, 3.8) is 0 Å². The number of hydrogen-bond donors (Lipinski definition) is 2. The summed E-state index contributed by atoms with van der Waals surface area (Å²) >= 11 is 1.78. The lowest BCUT2D eigenvalue weighted by molar-refractivity contribution is -0.115. The fourth-order valence-electron chi connectivity index (χ4n) is 3.25. The van der Waals surface area contributed by atoms with Crippen LogP contribution in [0.5, 0.6) is 0 Å². The summed E-state index contributed by atoms with van der Waals surface area (Å²) in [5.74, 6) is 0.856. The zero-order chi connectivity index (χ0) is 22.3. The third-order valence-electron chi connectivity index (χ3n) is 4.95. The summed E-state index contributed by atoms with van der Waals surface area (Å²) in [6.07, 6.45) is 0.331. The first-order valence-corrected chi connectivity index (χ1v) is 11.4. The molecule has 0 spiro atoms. The summed E-state index contributed by atoms with van der Waals surface area (Å²) in [5.41, 5.74) is 2.75. The molecule has 2 amide bonds. The van der Waals surface area contributed by atoms with Crippen molar-refractivity contribution >= 4 is 29.3 Å². The van der Waals surface area contributed by atoms with Crippen LogP contribution in [0, 0.1) is 0 Å². The topological polar surface area (TPSA) is 58.2 Å². The number of carbonyl (C=O) groups is 2. The van der Waals surface area contributed by atoms with Crippen LogP contribution in [0.1, 0.15) is 42.3 Å². The van der Waals surface area contributed by atoms with Gasteiger partial charge in [0.25, 0.3) is 5.91 Å². The van der Waals surface area contributed by atoms with Gasteiger partial charge in [0.15, 0.2) is 0 Å². The highest BCUT2D eigenvalue weighted by molar-refractivity contribution is 7.99. The van der Waals surface area contributed by atoms with Crippen molar-refractivity contribution in [2.75, 3.05) is 11.1 Å². The summed E-state index contributed by atoms with van der Waals surface area (Å²) in [5, 5.41) is 6.01.